The highest BCUT2D eigenvalue weighted by Crippen LogP contribution is 2.26. The van der Waals surface area contributed by atoms with Gasteiger partial charge in [0, 0.05) is 7.05 Å². The molecule has 0 bridgehead atoms. The van der Waals surface area contributed by atoms with E-state index in [9.17, 15) is 4.79 Å². The van der Waals surface area contributed by atoms with Crippen LogP contribution in [0.25, 0.3) is 0 Å². The third-order valence-electron chi connectivity index (χ3n) is 2.40. The van der Waals surface area contributed by atoms with Crippen molar-refractivity contribution in [3.8, 4) is 11.8 Å². The molecule has 1 heterocycles. The summed E-state index contributed by atoms with van der Waals surface area (Å²) in [5.41, 5.74) is 0.0702. The number of hydrogen-bond donors (Lipinski definition) is 0. The van der Waals surface area contributed by atoms with Gasteiger partial charge >= 0.3 is 6.09 Å². The summed E-state index contributed by atoms with van der Waals surface area (Å²) >= 11 is 0. The Morgan fingerprint density at radius 2 is 1.45 bits per heavy atom. The van der Waals surface area contributed by atoms with Gasteiger partial charge in [-0.2, -0.15) is 9.97 Å². The lowest BCUT2D eigenvalue weighted by molar-refractivity contribution is 0.0587. The number of methoxy groups -OCH3 is 2. The summed E-state index contributed by atoms with van der Waals surface area (Å²) in [7, 11) is 4.51. The quantitative estimate of drug-likeness (QED) is 0.853. The zero-order valence-corrected chi connectivity index (χ0v) is 15.0. The maximum absolute atomic E-state index is 12.0. The lowest BCUT2D eigenvalue weighted by atomic mass is 10.2. The molecule has 0 N–H and O–H groups in total. The number of hydrogen-bond acceptors (Lipinski definition) is 6. The molecule has 0 atom stereocenters. The van der Waals surface area contributed by atoms with Crippen molar-refractivity contribution in [1.82, 2.24) is 9.97 Å². The van der Waals surface area contributed by atoms with Gasteiger partial charge in [-0.05, 0) is 27.7 Å². The van der Waals surface area contributed by atoms with Crippen LogP contribution in [0.2, 0.25) is 0 Å². The summed E-state index contributed by atoms with van der Waals surface area (Å²) in [6.07, 6.45) is -0.551. The van der Waals surface area contributed by atoms with E-state index in [1.807, 2.05) is 13.8 Å². The molecule has 1 aromatic heterocycles. The summed E-state index contributed by atoms with van der Waals surface area (Å²) < 4.78 is 15.6. The predicted octanol–water partition coefficient (Wildman–Crippen LogP) is 3.20. The summed E-state index contributed by atoms with van der Waals surface area (Å²) in [4.78, 5) is 21.5. The van der Waals surface area contributed by atoms with Crippen molar-refractivity contribution in [3.63, 3.8) is 0 Å². The summed E-state index contributed by atoms with van der Waals surface area (Å²) in [5, 5.41) is 0. The fourth-order valence-electron chi connectivity index (χ4n) is 1.43. The number of ether oxygens (including phenoxy) is 3. The van der Waals surface area contributed by atoms with Gasteiger partial charge in [-0.3, -0.25) is 0 Å². The number of anilines is 1. The Hall–Kier alpha value is -2.05. The fourth-order valence-corrected chi connectivity index (χ4v) is 1.43. The van der Waals surface area contributed by atoms with Crippen molar-refractivity contribution in [3.05, 3.63) is 5.56 Å². The molecule has 1 aromatic rings. The number of aromatic nitrogens is 2. The highest BCUT2D eigenvalue weighted by atomic mass is 16.6. The monoisotopic (exact) mass is 313 g/mol. The molecule has 0 aromatic carbocycles. The second-order valence-corrected chi connectivity index (χ2v) is 5.21. The molecule has 7 heteroatoms. The van der Waals surface area contributed by atoms with Crippen LogP contribution in [-0.2, 0) is 4.74 Å². The molecule has 0 saturated heterocycles. The Morgan fingerprint density at radius 1 is 1.05 bits per heavy atom. The molecule has 0 unspecified atom stereocenters. The molecular formula is C15H27N3O4. The van der Waals surface area contributed by atoms with Crippen LogP contribution in [0.4, 0.5) is 10.7 Å². The number of nitrogens with zero attached hydrogens (tertiary/aromatic N) is 3. The predicted molar refractivity (Wildman–Crippen MR) is 85.9 cm³/mol. The number of amides is 1. The van der Waals surface area contributed by atoms with Crippen molar-refractivity contribution in [2.45, 2.75) is 47.1 Å². The Bertz CT molecular complexity index is 473. The smallest absolute Gasteiger partial charge is 0.416 e. The average Bonchev–Trinajstić information content (AvgIpc) is 2.47. The van der Waals surface area contributed by atoms with E-state index in [1.54, 1.807) is 27.7 Å². The number of carbonyl (C=O) groups is 1. The lowest BCUT2D eigenvalue weighted by Gasteiger charge is -2.24. The van der Waals surface area contributed by atoms with E-state index >= 15 is 0 Å². The van der Waals surface area contributed by atoms with Gasteiger partial charge in [-0.1, -0.05) is 13.8 Å². The topological polar surface area (TPSA) is 73.8 Å². The van der Waals surface area contributed by atoms with Gasteiger partial charge in [-0.15, -0.1) is 0 Å². The van der Waals surface area contributed by atoms with E-state index < -0.39 is 11.7 Å². The van der Waals surface area contributed by atoms with Gasteiger partial charge in [0.05, 0.1) is 19.8 Å². The largest absolute Gasteiger partial charge is 0.481 e. The first-order valence-corrected chi connectivity index (χ1v) is 7.13. The minimum Gasteiger partial charge on any atom is -0.481 e. The van der Waals surface area contributed by atoms with Crippen molar-refractivity contribution in [1.29, 1.82) is 0 Å². The normalized spacial score (nSPS) is 10.2. The Kier molecular flexibility index (Phi) is 7.62. The van der Waals surface area contributed by atoms with Crippen LogP contribution < -0.4 is 14.4 Å². The molecule has 0 radical (unpaired) electrons. The van der Waals surface area contributed by atoms with Crippen LogP contribution in [0.5, 0.6) is 11.8 Å². The molecule has 0 fully saturated rings. The van der Waals surface area contributed by atoms with E-state index in [0.29, 0.717) is 17.3 Å². The zero-order valence-electron chi connectivity index (χ0n) is 15.0. The SMILES string of the molecule is CC.COc1nc(N(C)C(=O)OC(C)(C)C)nc(OC)c1C. The molecule has 0 spiro atoms. The minimum atomic E-state index is -0.593. The minimum absolute atomic E-state index is 0.151. The fraction of sp³-hybridized carbons (Fsp3) is 0.667. The van der Waals surface area contributed by atoms with Crippen LogP contribution in [0.3, 0.4) is 0 Å². The molecule has 0 saturated carbocycles. The van der Waals surface area contributed by atoms with E-state index in [-0.39, 0.29) is 5.95 Å². The lowest BCUT2D eigenvalue weighted by Crippen LogP contribution is -2.35. The van der Waals surface area contributed by atoms with Gasteiger partial charge in [-0.25, -0.2) is 9.69 Å². The van der Waals surface area contributed by atoms with Crippen molar-refractivity contribution < 1.29 is 19.0 Å². The van der Waals surface area contributed by atoms with Crippen molar-refractivity contribution in [2.24, 2.45) is 0 Å². The maximum atomic E-state index is 12.0. The van der Waals surface area contributed by atoms with Gasteiger partial charge in [0.15, 0.2) is 0 Å². The Labute approximate surface area is 132 Å². The first-order valence-electron chi connectivity index (χ1n) is 7.13. The van der Waals surface area contributed by atoms with E-state index in [4.69, 9.17) is 14.2 Å². The van der Waals surface area contributed by atoms with Crippen LogP contribution in [0.15, 0.2) is 0 Å². The van der Waals surface area contributed by atoms with Gasteiger partial charge in [0.1, 0.15) is 5.60 Å². The molecule has 126 valence electrons. The highest BCUT2D eigenvalue weighted by molar-refractivity contribution is 5.85. The molecule has 1 amide bonds. The third-order valence-corrected chi connectivity index (χ3v) is 2.40. The molecule has 1 rings (SSSR count). The van der Waals surface area contributed by atoms with E-state index in [1.165, 1.54) is 26.2 Å². The van der Waals surface area contributed by atoms with Crippen molar-refractivity contribution in [2.75, 3.05) is 26.2 Å². The van der Waals surface area contributed by atoms with Crippen LogP contribution >= 0.6 is 0 Å². The van der Waals surface area contributed by atoms with Crippen LogP contribution in [0.1, 0.15) is 40.2 Å². The number of rotatable bonds is 3. The first kappa shape index (κ1) is 19.9. The second-order valence-electron chi connectivity index (χ2n) is 5.21. The summed E-state index contributed by atoms with van der Waals surface area (Å²) in [5.74, 6) is 0.850. The standard InChI is InChI=1S/C13H21N3O4.C2H6/c1-8-9(18-6)14-11(15-10(8)19-7)16(5)12(17)20-13(2,3)4;1-2/h1-7H3;1-2H3. The van der Waals surface area contributed by atoms with Gasteiger partial charge in [0.2, 0.25) is 17.7 Å². The summed E-state index contributed by atoms with van der Waals surface area (Å²) in [6, 6.07) is 0. The Balaban J connectivity index is 0.00000211. The Morgan fingerprint density at radius 3 is 1.77 bits per heavy atom. The van der Waals surface area contributed by atoms with Gasteiger partial charge in [0.25, 0.3) is 0 Å². The van der Waals surface area contributed by atoms with Crippen molar-refractivity contribution >= 4 is 12.0 Å². The van der Waals surface area contributed by atoms with Crippen LogP contribution in [-0.4, -0.2) is 42.9 Å². The molecule has 22 heavy (non-hydrogen) atoms. The van der Waals surface area contributed by atoms with Crippen LogP contribution in [0, 0.1) is 6.92 Å². The van der Waals surface area contributed by atoms with E-state index in [0.717, 1.165) is 0 Å². The number of carbonyl (C=O) groups excluding carboxylic acids is 1. The molecule has 0 aliphatic rings. The third kappa shape index (κ3) is 5.38. The maximum Gasteiger partial charge on any atom is 0.416 e. The van der Waals surface area contributed by atoms with E-state index in [2.05, 4.69) is 9.97 Å². The second kappa shape index (κ2) is 8.41. The molecule has 0 aliphatic carbocycles. The summed E-state index contributed by atoms with van der Waals surface area (Å²) in [6.45, 7) is 11.1. The average molecular weight is 313 g/mol. The zero-order chi connectivity index (χ0) is 17.5. The molecular weight excluding hydrogens is 286 g/mol. The molecule has 0 aliphatic heterocycles. The van der Waals surface area contributed by atoms with Gasteiger partial charge < -0.3 is 14.2 Å². The highest BCUT2D eigenvalue weighted by Gasteiger charge is 2.24. The first-order chi connectivity index (χ1) is 10.2. The molecule has 7 nitrogen and oxygen atoms in total.